The highest BCUT2D eigenvalue weighted by molar-refractivity contribution is 5.97. The van der Waals surface area contributed by atoms with E-state index < -0.39 is 0 Å². The van der Waals surface area contributed by atoms with Crippen molar-refractivity contribution in [2.45, 2.75) is 6.92 Å². The molecule has 50 heavy (non-hydrogen) atoms. The molecule has 0 aliphatic rings. The molecule has 0 spiro atoms. The predicted molar refractivity (Wildman–Crippen MR) is 209 cm³/mol. The van der Waals surface area contributed by atoms with Crippen molar-refractivity contribution in [3.8, 4) is 16.9 Å². The van der Waals surface area contributed by atoms with Crippen molar-refractivity contribution in [2.75, 3.05) is 21.7 Å². The average Bonchev–Trinajstić information content (AvgIpc) is 3.16. The molecule has 0 saturated heterocycles. The zero-order chi connectivity index (χ0) is 34.4. The number of para-hydroxylation sites is 4. The van der Waals surface area contributed by atoms with E-state index in [4.69, 9.17) is 0 Å². The summed E-state index contributed by atoms with van der Waals surface area (Å²) >= 11 is 0. The Hall–Kier alpha value is -7.00. The SMILES string of the molecule is Cc1c(/C=N/Nc2ccccc2)cc(-c2cc(/C=N/Nc3ccccc3)c(O)c(/C=N/Nc3ccccc3)c2)cc1/C=N/Nc1ccccc1. The van der Waals surface area contributed by atoms with Crippen LogP contribution in [0, 0.1) is 6.92 Å². The number of rotatable bonds is 13. The van der Waals surface area contributed by atoms with Gasteiger partial charge in [0.05, 0.1) is 47.6 Å². The standard InChI is InChI=1S/C41H36N8O/c1-30-33(26-42-46-37-14-6-2-7-15-37)22-31(23-34(30)27-43-47-38-16-8-3-9-17-38)32-24-35(28-44-48-39-18-10-4-11-19-39)41(50)36(25-32)29-45-49-40-20-12-5-13-21-40/h2-29,46-50H,1H3/b42-26+,43-27+,44-28+,45-29+. The fourth-order valence-electron chi connectivity index (χ4n) is 4.99. The van der Waals surface area contributed by atoms with Gasteiger partial charge in [-0.3, -0.25) is 21.7 Å². The van der Waals surface area contributed by atoms with Gasteiger partial charge in [0.25, 0.3) is 0 Å². The van der Waals surface area contributed by atoms with Crippen LogP contribution in [0.5, 0.6) is 5.75 Å². The highest BCUT2D eigenvalue weighted by Crippen LogP contribution is 2.31. The van der Waals surface area contributed by atoms with Gasteiger partial charge in [0.2, 0.25) is 0 Å². The van der Waals surface area contributed by atoms with E-state index in [-0.39, 0.29) is 5.75 Å². The minimum Gasteiger partial charge on any atom is -0.507 e. The average molecular weight is 657 g/mol. The Kier molecular flexibility index (Phi) is 11.0. The van der Waals surface area contributed by atoms with Gasteiger partial charge in [0.15, 0.2) is 0 Å². The Labute approximate surface area is 291 Å². The monoisotopic (exact) mass is 656 g/mol. The number of hydrogen-bond acceptors (Lipinski definition) is 9. The second kappa shape index (κ2) is 16.7. The summed E-state index contributed by atoms with van der Waals surface area (Å²) in [5, 5.41) is 29.2. The van der Waals surface area contributed by atoms with E-state index in [1.54, 1.807) is 24.9 Å². The van der Waals surface area contributed by atoms with Crippen molar-refractivity contribution in [1.82, 2.24) is 0 Å². The number of hydrazone groups is 4. The van der Waals surface area contributed by atoms with Gasteiger partial charge in [-0.1, -0.05) is 72.8 Å². The van der Waals surface area contributed by atoms with Crippen LogP contribution >= 0.6 is 0 Å². The van der Waals surface area contributed by atoms with Crippen LogP contribution in [0.1, 0.15) is 27.8 Å². The quantitative estimate of drug-likeness (QED) is 0.0628. The fourth-order valence-corrected chi connectivity index (χ4v) is 4.99. The molecule has 6 aromatic rings. The molecule has 0 bridgehead atoms. The molecule has 0 aliphatic heterocycles. The van der Waals surface area contributed by atoms with Crippen LogP contribution in [-0.4, -0.2) is 30.0 Å². The Morgan fingerprint density at radius 3 is 0.960 bits per heavy atom. The first-order chi connectivity index (χ1) is 24.6. The maximum absolute atomic E-state index is 11.4. The summed E-state index contributed by atoms with van der Waals surface area (Å²) in [5.74, 6) is 0.0424. The van der Waals surface area contributed by atoms with Crippen molar-refractivity contribution in [3.63, 3.8) is 0 Å². The first kappa shape index (κ1) is 32.9. The fraction of sp³-hybridized carbons (Fsp3) is 0.0244. The summed E-state index contributed by atoms with van der Waals surface area (Å²) in [4.78, 5) is 0. The van der Waals surface area contributed by atoms with E-state index in [0.717, 1.165) is 50.6 Å². The largest absolute Gasteiger partial charge is 0.507 e. The summed E-state index contributed by atoms with van der Waals surface area (Å²) in [6.07, 6.45) is 6.79. The Morgan fingerprint density at radius 1 is 0.400 bits per heavy atom. The molecule has 0 aromatic heterocycles. The molecule has 6 rings (SSSR count). The zero-order valence-electron chi connectivity index (χ0n) is 27.4. The maximum Gasteiger partial charge on any atom is 0.133 e. The molecule has 0 radical (unpaired) electrons. The molecule has 0 amide bonds. The smallest absolute Gasteiger partial charge is 0.133 e. The van der Waals surface area contributed by atoms with Gasteiger partial charge in [-0.25, -0.2) is 0 Å². The van der Waals surface area contributed by atoms with Crippen LogP contribution in [0.15, 0.2) is 166 Å². The van der Waals surface area contributed by atoms with Crippen molar-refractivity contribution < 1.29 is 5.11 Å². The van der Waals surface area contributed by atoms with Gasteiger partial charge in [-0.15, -0.1) is 0 Å². The molecule has 6 aromatic carbocycles. The molecule has 0 unspecified atom stereocenters. The minimum absolute atomic E-state index is 0.0424. The number of nitrogens with one attached hydrogen (secondary N) is 4. The van der Waals surface area contributed by atoms with Crippen molar-refractivity contribution in [3.05, 3.63) is 173 Å². The molecule has 0 aliphatic carbocycles. The second-order valence-electron chi connectivity index (χ2n) is 11.2. The zero-order valence-corrected chi connectivity index (χ0v) is 27.4. The van der Waals surface area contributed by atoms with Crippen molar-refractivity contribution in [2.24, 2.45) is 20.4 Å². The molecule has 5 N–H and O–H groups in total. The topological polar surface area (TPSA) is 118 Å². The van der Waals surface area contributed by atoms with Crippen LogP contribution in [-0.2, 0) is 0 Å². The van der Waals surface area contributed by atoms with Gasteiger partial charge in [0.1, 0.15) is 5.75 Å². The van der Waals surface area contributed by atoms with Crippen molar-refractivity contribution in [1.29, 1.82) is 0 Å². The van der Waals surface area contributed by atoms with Gasteiger partial charge >= 0.3 is 0 Å². The van der Waals surface area contributed by atoms with Crippen molar-refractivity contribution >= 4 is 47.6 Å². The highest BCUT2D eigenvalue weighted by Gasteiger charge is 2.13. The molecule has 0 atom stereocenters. The first-order valence-electron chi connectivity index (χ1n) is 16.0. The number of phenols is 1. The molecule has 246 valence electrons. The summed E-state index contributed by atoms with van der Waals surface area (Å²) in [6.45, 7) is 2.04. The third-order valence-corrected chi connectivity index (χ3v) is 7.67. The van der Waals surface area contributed by atoms with E-state index in [1.165, 1.54) is 0 Å². The lowest BCUT2D eigenvalue weighted by Gasteiger charge is -2.13. The Morgan fingerprint density at radius 2 is 0.660 bits per heavy atom. The lowest BCUT2D eigenvalue weighted by molar-refractivity contribution is 0.473. The van der Waals surface area contributed by atoms with E-state index >= 15 is 0 Å². The van der Waals surface area contributed by atoms with E-state index in [0.29, 0.717) is 11.1 Å². The van der Waals surface area contributed by atoms with Crippen LogP contribution < -0.4 is 21.7 Å². The molecular formula is C41H36N8O. The molecule has 9 heteroatoms. The van der Waals surface area contributed by atoms with Gasteiger partial charge in [-0.2, -0.15) is 20.4 Å². The predicted octanol–water partition coefficient (Wildman–Crippen LogP) is 9.15. The van der Waals surface area contributed by atoms with Crippen LogP contribution in [0.2, 0.25) is 0 Å². The summed E-state index contributed by atoms with van der Waals surface area (Å²) in [6, 6.07) is 46.7. The van der Waals surface area contributed by atoms with E-state index in [2.05, 4.69) is 54.2 Å². The Balaban J connectivity index is 1.39. The van der Waals surface area contributed by atoms with Gasteiger partial charge in [-0.05, 0) is 108 Å². The third-order valence-electron chi connectivity index (χ3n) is 7.67. The van der Waals surface area contributed by atoms with E-state index in [1.807, 2.05) is 140 Å². The second-order valence-corrected chi connectivity index (χ2v) is 11.2. The maximum atomic E-state index is 11.4. The van der Waals surface area contributed by atoms with Gasteiger partial charge < -0.3 is 5.11 Å². The van der Waals surface area contributed by atoms with Crippen LogP contribution in [0.3, 0.4) is 0 Å². The third kappa shape index (κ3) is 9.08. The number of nitrogens with zero attached hydrogens (tertiary/aromatic N) is 4. The minimum atomic E-state index is 0.0424. The number of hydrogen-bond donors (Lipinski definition) is 5. The van der Waals surface area contributed by atoms with Gasteiger partial charge in [0, 0.05) is 11.1 Å². The summed E-state index contributed by atoms with van der Waals surface area (Å²) < 4.78 is 0. The van der Waals surface area contributed by atoms with Crippen LogP contribution in [0.4, 0.5) is 22.7 Å². The Bertz CT molecular complexity index is 1820. The number of benzene rings is 6. The number of anilines is 4. The summed E-state index contributed by atoms with van der Waals surface area (Å²) in [5.41, 5.74) is 21.2. The first-order valence-corrected chi connectivity index (χ1v) is 16.0. The lowest BCUT2D eigenvalue weighted by atomic mass is 9.93. The lowest BCUT2D eigenvalue weighted by Crippen LogP contribution is -2.00. The van der Waals surface area contributed by atoms with E-state index in [9.17, 15) is 5.11 Å². The number of phenolic OH excluding ortho intramolecular Hbond substituents is 1. The molecule has 0 saturated carbocycles. The number of aromatic hydroxyl groups is 1. The molecule has 9 nitrogen and oxygen atoms in total. The molecule has 0 heterocycles. The normalized spacial score (nSPS) is 11.5. The molecular weight excluding hydrogens is 621 g/mol. The summed E-state index contributed by atoms with van der Waals surface area (Å²) in [7, 11) is 0. The highest BCUT2D eigenvalue weighted by atomic mass is 16.3. The molecule has 0 fully saturated rings. The van der Waals surface area contributed by atoms with Crippen LogP contribution in [0.25, 0.3) is 11.1 Å².